The molecule has 1 aliphatic rings. The molecule has 2 aromatic rings. The second-order valence-corrected chi connectivity index (χ2v) is 7.13. The fourth-order valence-electron chi connectivity index (χ4n) is 3.15. The van der Waals surface area contributed by atoms with Crippen LogP contribution in [0.4, 0.5) is 4.39 Å². The highest BCUT2D eigenvalue weighted by Crippen LogP contribution is 2.18. The SMILES string of the molecule is O=C(CN(CCc1ccccc1)C(=O)c1ccc(F)c(Cl)c1)N1CCNCC1. The molecule has 1 N–H and O–H groups in total. The first-order chi connectivity index (χ1) is 13.5. The molecule has 0 aliphatic carbocycles. The van der Waals surface area contributed by atoms with E-state index in [0.717, 1.165) is 18.7 Å². The largest absolute Gasteiger partial charge is 0.339 e. The molecular weight excluding hydrogens is 381 g/mol. The maximum absolute atomic E-state index is 13.5. The molecule has 0 unspecified atom stereocenters. The minimum absolute atomic E-state index is 0.0132. The minimum atomic E-state index is -0.578. The quantitative estimate of drug-likeness (QED) is 0.806. The van der Waals surface area contributed by atoms with Gasteiger partial charge in [0.1, 0.15) is 12.4 Å². The molecule has 2 aromatic carbocycles. The van der Waals surface area contributed by atoms with Crippen molar-refractivity contribution in [2.75, 3.05) is 39.3 Å². The van der Waals surface area contributed by atoms with Gasteiger partial charge in [-0.05, 0) is 30.2 Å². The molecule has 3 rings (SSSR count). The molecule has 0 spiro atoms. The van der Waals surface area contributed by atoms with Crippen LogP contribution in [-0.4, -0.2) is 60.9 Å². The minimum Gasteiger partial charge on any atom is -0.339 e. The van der Waals surface area contributed by atoms with E-state index in [9.17, 15) is 14.0 Å². The van der Waals surface area contributed by atoms with E-state index < -0.39 is 5.82 Å². The van der Waals surface area contributed by atoms with E-state index in [0.29, 0.717) is 26.1 Å². The molecule has 0 bridgehead atoms. The van der Waals surface area contributed by atoms with E-state index >= 15 is 0 Å². The lowest BCUT2D eigenvalue weighted by molar-refractivity contribution is -0.132. The van der Waals surface area contributed by atoms with Crippen molar-refractivity contribution in [3.8, 4) is 0 Å². The lowest BCUT2D eigenvalue weighted by Crippen LogP contribution is -2.50. The summed E-state index contributed by atoms with van der Waals surface area (Å²) in [7, 11) is 0. The molecule has 1 aliphatic heterocycles. The molecule has 0 radical (unpaired) electrons. The highest BCUT2D eigenvalue weighted by molar-refractivity contribution is 6.31. The highest BCUT2D eigenvalue weighted by atomic mass is 35.5. The summed E-state index contributed by atoms with van der Waals surface area (Å²) in [6.07, 6.45) is 0.621. The predicted molar refractivity (Wildman–Crippen MR) is 107 cm³/mol. The second kappa shape index (κ2) is 9.66. The number of hydrogen-bond donors (Lipinski definition) is 1. The number of amides is 2. The van der Waals surface area contributed by atoms with Gasteiger partial charge >= 0.3 is 0 Å². The third kappa shape index (κ3) is 5.30. The van der Waals surface area contributed by atoms with Crippen LogP contribution in [0.25, 0.3) is 0 Å². The van der Waals surface area contributed by atoms with Gasteiger partial charge in [-0.3, -0.25) is 9.59 Å². The lowest BCUT2D eigenvalue weighted by atomic mass is 10.1. The summed E-state index contributed by atoms with van der Waals surface area (Å²) < 4.78 is 13.5. The van der Waals surface area contributed by atoms with Gasteiger partial charge in [-0.25, -0.2) is 4.39 Å². The Labute approximate surface area is 169 Å². The highest BCUT2D eigenvalue weighted by Gasteiger charge is 2.23. The lowest BCUT2D eigenvalue weighted by Gasteiger charge is -2.30. The number of nitrogens with zero attached hydrogens (tertiary/aromatic N) is 2. The van der Waals surface area contributed by atoms with Crippen molar-refractivity contribution < 1.29 is 14.0 Å². The molecule has 1 saturated heterocycles. The number of halogens is 2. The van der Waals surface area contributed by atoms with Gasteiger partial charge in [0.15, 0.2) is 0 Å². The van der Waals surface area contributed by atoms with E-state index in [1.165, 1.54) is 23.1 Å². The molecule has 0 aromatic heterocycles. The van der Waals surface area contributed by atoms with Gasteiger partial charge < -0.3 is 15.1 Å². The molecule has 0 saturated carbocycles. The summed E-state index contributed by atoms with van der Waals surface area (Å²) in [4.78, 5) is 29.0. The van der Waals surface area contributed by atoms with Crippen LogP contribution in [-0.2, 0) is 11.2 Å². The number of benzene rings is 2. The van der Waals surface area contributed by atoms with Gasteiger partial charge in [0.2, 0.25) is 5.91 Å². The van der Waals surface area contributed by atoms with Gasteiger partial charge in [0, 0.05) is 38.3 Å². The molecule has 7 heteroatoms. The number of piperazine rings is 1. The first-order valence-electron chi connectivity index (χ1n) is 9.31. The first kappa shape index (κ1) is 20.3. The predicted octanol–water partition coefficient (Wildman–Crippen LogP) is 2.60. The number of rotatable bonds is 6. The molecule has 1 heterocycles. The summed E-state index contributed by atoms with van der Waals surface area (Å²) in [5.41, 5.74) is 1.35. The third-order valence-electron chi connectivity index (χ3n) is 4.76. The zero-order valence-electron chi connectivity index (χ0n) is 15.5. The molecular formula is C21H23ClFN3O2. The van der Waals surface area contributed by atoms with E-state index in [1.54, 1.807) is 4.90 Å². The summed E-state index contributed by atoms with van der Waals surface area (Å²) >= 11 is 5.84. The standard InChI is InChI=1S/C21H23ClFN3O2/c22-18-14-17(6-7-19(18)23)21(28)26(11-8-16-4-2-1-3-5-16)15-20(27)25-12-9-24-10-13-25/h1-7,14,24H,8-13,15H2. The maximum Gasteiger partial charge on any atom is 0.254 e. The summed E-state index contributed by atoms with van der Waals surface area (Å²) in [6, 6.07) is 13.6. The average Bonchev–Trinajstić information content (AvgIpc) is 2.73. The molecule has 2 amide bonds. The van der Waals surface area contributed by atoms with Crippen molar-refractivity contribution in [3.63, 3.8) is 0 Å². The Balaban J connectivity index is 1.75. The Morgan fingerprint density at radius 3 is 2.50 bits per heavy atom. The van der Waals surface area contributed by atoms with Crippen LogP contribution in [0.15, 0.2) is 48.5 Å². The second-order valence-electron chi connectivity index (χ2n) is 6.72. The van der Waals surface area contributed by atoms with Crippen molar-refractivity contribution >= 4 is 23.4 Å². The Hall–Kier alpha value is -2.44. The Morgan fingerprint density at radius 1 is 1.11 bits per heavy atom. The topological polar surface area (TPSA) is 52.7 Å². The number of hydrogen-bond acceptors (Lipinski definition) is 3. The first-order valence-corrected chi connectivity index (χ1v) is 9.69. The monoisotopic (exact) mass is 403 g/mol. The van der Waals surface area contributed by atoms with Crippen LogP contribution in [0.2, 0.25) is 5.02 Å². The maximum atomic E-state index is 13.5. The van der Waals surface area contributed by atoms with Crippen molar-refractivity contribution in [3.05, 3.63) is 70.5 Å². The van der Waals surface area contributed by atoms with Crippen LogP contribution in [0.1, 0.15) is 15.9 Å². The fourth-order valence-corrected chi connectivity index (χ4v) is 3.33. The third-order valence-corrected chi connectivity index (χ3v) is 5.05. The van der Waals surface area contributed by atoms with Crippen LogP contribution < -0.4 is 5.32 Å². The average molecular weight is 404 g/mol. The van der Waals surface area contributed by atoms with Gasteiger partial charge in [0.05, 0.1) is 5.02 Å². The van der Waals surface area contributed by atoms with Gasteiger partial charge in [-0.2, -0.15) is 0 Å². The summed E-state index contributed by atoms with van der Waals surface area (Å²) in [5.74, 6) is -0.997. The van der Waals surface area contributed by atoms with E-state index in [4.69, 9.17) is 11.6 Å². The van der Waals surface area contributed by atoms with Crippen molar-refractivity contribution in [2.24, 2.45) is 0 Å². The van der Waals surface area contributed by atoms with Crippen LogP contribution in [0.3, 0.4) is 0 Å². The summed E-state index contributed by atoms with van der Waals surface area (Å²) in [6.45, 7) is 3.12. The van der Waals surface area contributed by atoms with Gasteiger partial charge in [-0.1, -0.05) is 41.9 Å². The molecule has 148 valence electrons. The summed E-state index contributed by atoms with van der Waals surface area (Å²) in [5, 5.41) is 3.10. The van der Waals surface area contributed by atoms with Gasteiger partial charge in [0.25, 0.3) is 5.91 Å². The van der Waals surface area contributed by atoms with Crippen LogP contribution in [0.5, 0.6) is 0 Å². The smallest absolute Gasteiger partial charge is 0.254 e. The van der Waals surface area contributed by atoms with E-state index in [1.807, 2.05) is 30.3 Å². The Bertz CT molecular complexity index is 826. The van der Waals surface area contributed by atoms with E-state index in [2.05, 4.69) is 5.32 Å². The number of carbonyl (C=O) groups excluding carboxylic acids is 2. The van der Waals surface area contributed by atoms with Crippen molar-refractivity contribution in [1.82, 2.24) is 15.1 Å². The van der Waals surface area contributed by atoms with Crippen molar-refractivity contribution in [1.29, 1.82) is 0 Å². The normalized spacial score (nSPS) is 14.0. The Kier molecular flexibility index (Phi) is 7.01. The van der Waals surface area contributed by atoms with Crippen molar-refractivity contribution in [2.45, 2.75) is 6.42 Å². The zero-order valence-corrected chi connectivity index (χ0v) is 16.3. The molecule has 28 heavy (non-hydrogen) atoms. The number of nitrogens with one attached hydrogen (secondary N) is 1. The zero-order chi connectivity index (χ0) is 19.9. The fraction of sp³-hybridized carbons (Fsp3) is 0.333. The van der Waals surface area contributed by atoms with Crippen LogP contribution in [0, 0.1) is 5.82 Å². The molecule has 1 fully saturated rings. The molecule has 0 atom stereocenters. The Morgan fingerprint density at radius 2 is 1.82 bits per heavy atom. The number of carbonyl (C=O) groups is 2. The van der Waals surface area contributed by atoms with E-state index in [-0.39, 0.29) is 28.9 Å². The molecule has 5 nitrogen and oxygen atoms in total. The van der Waals surface area contributed by atoms with Crippen LogP contribution >= 0.6 is 11.6 Å². The van der Waals surface area contributed by atoms with Gasteiger partial charge in [-0.15, -0.1) is 0 Å².